The molecule has 0 aromatic heterocycles. The average molecular weight is 548 g/mol. The fourth-order valence-electron chi connectivity index (χ4n) is 4.83. The van der Waals surface area contributed by atoms with Gasteiger partial charge in [0.1, 0.15) is 0 Å². The molecule has 1 aromatic carbocycles. The number of allylic oxidation sites excluding steroid dienone is 3. The van der Waals surface area contributed by atoms with E-state index in [1.54, 1.807) is 13.3 Å². The zero-order valence-electron chi connectivity index (χ0n) is 22.0. The van der Waals surface area contributed by atoms with Crippen molar-refractivity contribution in [2.45, 2.75) is 118 Å². The van der Waals surface area contributed by atoms with E-state index >= 15 is 0 Å². The molecule has 0 radical (unpaired) electrons. The third kappa shape index (κ3) is 10.0. The molecule has 2 heteroatoms. The zero-order valence-corrected chi connectivity index (χ0v) is 25.9. The van der Waals surface area contributed by atoms with Gasteiger partial charge in [0.15, 0.2) is 0 Å². The normalized spacial score (nSPS) is 13.6. The van der Waals surface area contributed by atoms with Crippen LogP contribution < -0.4 is 0 Å². The topological polar surface area (TPSA) is 0 Å². The van der Waals surface area contributed by atoms with Crippen molar-refractivity contribution in [3.8, 4) is 0 Å². The first kappa shape index (κ1) is 28.7. The van der Waals surface area contributed by atoms with Crippen LogP contribution in [0.1, 0.15) is 91.0 Å². The number of unbranched alkanes of at least 4 members (excludes halogenated alkanes) is 5. The van der Waals surface area contributed by atoms with Crippen LogP contribution in [0, 0.1) is 0 Å². The second-order valence-electron chi connectivity index (χ2n) is 10.6. The van der Waals surface area contributed by atoms with Crippen LogP contribution in [0.15, 0.2) is 45.2 Å². The molecule has 0 N–H and O–H groups in total. The summed E-state index contributed by atoms with van der Waals surface area (Å²) < 4.78 is 6.59. The van der Waals surface area contributed by atoms with Crippen LogP contribution in [0.4, 0.5) is 0 Å². The number of rotatable bonds is 16. The van der Waals surface area contributed by atoms with Crippen molar-refractivity contribution in [3.63, 3.8) is 0 Å². The summed E-state index contributed by atoms with van der Waals surface area (Å²) in [7, 11) is -1.44. The van der Waals surface area contributed by atoms with E-state index in [2.05, 4.69) is 89.8 Å². The predicted molar refractivity (Wildman–Crippen MR) is 150 cm³/mol. The Morgan fingerprint density at radius 2 is 1.23 bits per heavy atom. The number of hydrogen-bond acceptors (Lipinski definition) is 0. The van der Waals surface area contributed by atoms with Crippen LogP contribution >= 0.6 is 0 Å². The molecule has 31 heavy (non-hydrogen) atoms. The molecule has 0 aliphatic rings. The molecular formula is C29H52SiSn. The van der Waals surface area contributed by atoms with Gasteiger partial charge in [0.25, 0.3) is 0 Å². The van der Waals surface area contributed by atoms with E-state index in [0.29, 0.717) is 0 Å². The monoisotopic (exact) mass is 548 g/mol. The van der Waals surface area contributed by atoms with Crippen molar-refractivity contribution in [1.29, 1.82) is 0 Å². The van der Waals surface area contributed by atoms with Crippen molar-refractivity contribution in [2.24, 2.45) is 0 Å². The molecule has 0 aliphatic carbocycles. The van der Waals surface area contributed by atoms with Crippen LogP contribution in [0.3, 0.4) is 0 Å². The summed E-state index contributed by atoms with van der Waals surface area (Å²) in [5.41, 5.74) is 1.43. The second kappa shape index (κ2) is 15.5. The first-order chi connectivity index (χ1) is 14.8. The molecule has 0 saturated carbocycles. The van der Waals surface area contributed by atoms with Crippen LogP contribution in [0.5, 0.6) is 0 Å². The van der Waals surface area contributed by atoms with Crippen LogP contribution in [-0.2, 0) is 0 Å². The van der Waals surface area contributed by atoms with Gasteiger partial charge in [-0.2, -0.15) is 0 Å². The van der Waals surface area contributed by atoms with Crippen LogP contribution in [-0.4, -0.2) is 26.5 Å². The molecule has 0 fully saturated rings. The maximum absolute atomic E-state index is 2.72. The van der Waals surface area contributed by atoms with E-state index in [1.165, 1.54) is 63.4 Å². The Morgan fingerprint density at radius 3 is 1.65 bits per heavy atom. The molecular weight excluding hydrogens is 495 g/mol. The molecule has 0 spiro atoms. The fraction of sp³-hybridized carbons (Fsp3) is 0.655. The Morgan fingerprint density at radius 1 is 0.742 bits per heavy atom. The van der Waals surface area contributed by atoms with E-state index < -0.39 is 26.5 Å². The van der Waals surface area contributed by atoms with Gasteiger partial charge in [-0.05, 0) is 0 Å². The number of hydrogen-bond donors (Lipinski definition) is 0. The average Bonchev–Trinajstić information content (AvgIpc) is 2.75. The maximum atomic E-state index is 2.72. The Labute approximate surface area is 200 Å². The quantitative estimate of drug-likeness (QED) is 0.110. The SMILES string of the molecule is CCCC/C=C(/[C](=C/c1ccccc1)[Sn]([CH2]CCC)([CH2]CCC)[CH2]CCC)[Si](C)(C)C. The Kier molecular flexibility index (Phi) is 14.4. The molecule has 1 rings (SSSR count). The van der Waals surface area contributed by atoms with Gasteiger partial charge in [0.05, 0.1) is 0 Å². The molecule has 176 valence electrons. The number of benzene rings is 1. The summed E-state index contributed by atoms with van der Waals surface area (Å²) in [5, 5.41) is 1.84. The van der Waals surface area contributed by atoms with Crippen molar-refractivity contribution in [3.05, 3.63) is 50.8 Å². The van der Waals surface area contributed by atoms with E-state index in [0.717, 1.165) is 0 Å². The zero-order chi connectivity index (χ0) is 23.2. The molecule has 0 bridgehead atoms. The van der Waals surface area contributed by atoms with Gasteiger partial charge in [-0.25, -0.2) is 0 Å². The summed E-state index contributed by atoms with van der Waals surface area (Å²) in [6.45, 7) is 17.3. The summed E-state index contributed by atoms with van der Waals surface area (Å²) >= 11 is -2.55. The van der Waals surface area contributed by atoms with Crippen LogP contribution in [0.2, 0.25) is 33.0 Å². The van der Waals surface area contributed by atoms with E-state index in [4.69, 9.17) is 0 Å². The summed E-state index contributed by atoms with van der Waals surface area (Å²) in [4.78, 5) is 0. The Bertz CT molecular complexity index is 629. The molecule has 0 amide bonds. The minimum atomic E-state index is -2.55. The minimum absolute atomic E-state index is 1.26. The first-order valence-electron chi connectivity index (χ1n) is 13.3. The third-order valence-electron chi connectivity index (χ3n) is 6.71. The van der Waals surface area contributed by atoms with Crippen molar-refractivity contribution in [2.75, 3.05) is 0 Å². The second-order valence-corrected chi connectivity index (χ2v) is 28.7. The van der Waals surface area contributed by atoms with Gasteiger partial charge < -0.3 is 0 Å². The summed E-state index contributed by atoms with van der Waals surface area (Å²) in [6, 6.07) is 11.3. The van der Waals surface area contributed by atoms with Crippen molar-refractivity contribution < 1.29 is 0 Å². The predicted octanol–water partition coefficient (Wildman–Crippen LogP) is 10.5. The molecule has 0 heterocycles. The van der Waals surface area contributed by atoms with E-state index in [1.807, 2.05) is 8.79 Å². The molecule has 0 aliphatic heterocycles. The third-order valence-corrected chi connectivity index (χ3v) is 25.2. The molecule has 0 saturated heterocycles. The van der Waals surface area contributed by atoms with Crippen molar-refractivity contribution >= 4 is 32.5 Å². The van der Waals surface area contributed by atoms with Gasteiger partial charge in [0, 0.05) is 0 Å². The fourth-order valence-corrected chi connectivity index (χ4v) is 28.0. The standard InChI is InChI=1S/C17H25Si.3C4H9.Sn/c1-5-6-8-13-17(18(2,3)4)15-14-16-11-9-7-10-12-16;3*1-3-4-2;/h7,9-14H,5-6,8H2,1-4H3;3*1,3-4H2,2H3;/b15-14?,17-13-;;;;. The van der Waals surface area contributed by atoms with Gasteiger partial charge in [-0.1, -0.05) is 0 Å². The first-order valence-corrected chi connectivity index (χ1v) is 24.3. The van der Waals surface area contributed by atoms with E-state index in [9.17, 15) is 0 Å². The summed E-state index contributed by atoms with van der Waals surface area (Å²) in [5.74, 6) is 0. The molecule has 0 nitrogen and oxygen atoms in total. The van der Waals surface area contributed by atoms with Gasteiger partial charge in [-0.3, -0.25) is 0 Å². The van der Waals surface area contributed by atoms with Gasteiger partial charge in [-0.15, -0.1) is 0 Å². The van der Waals surface area contributed by atoms with E-state index in [-0.39, 0.29) is 0 Å². The van der Waals surface area contributed by atoms with Crippen LogP contribution in [0.25, 0.3) is 6.08 Å². The van der Waals surface area contributed by atoms with Gasteiger partial charge in [0.2, 0.25) is 0 Å². The van der Waals surface area contributed by atoms with Crippen molar-refractivity contribution in [1.82, 2.24) is 0 Å². The Hall–Kier alpha value is -0.284. The Balaban J connectivity index is 3.73. The summed E-state index contributed by atoms with van der Waals surface area (Å²) in [6.07, 6.45) is 17.6. The molecule has 0 atom stereocenters. The molecule has 1 aromatic rings. The van der Waals surface area contributed by atoms with Gasteiger partial charge >= 0.3 is 202 Å². The molecule has 0 unspecified atom stereocenters.